The van der Waals surface area contributed by atoms with Crippen LogP contribution in [0.25, 0.3) is 0 Å². The molecule has 0 aliphatic carbocycles. The number of fused-ring (bicyclic) bond motifs is 1. The molecule has 1 unspecified atom stereocenters. The molecule has 1 N–H and O–H groups in total. The molecule has 122 valence electrons. The fourth-order valence-electron chi connectivity index (χ4n) is 2.98. The minimum absolute atomic E-state index is 0.0227. The second-order valence-corrected chi connectivity index (χ2v) is 5.98. The molecule has 3 heterocycles. The topological polar surface area (TPSA) is 67.5 Å². The zero-order chi connectivity index (χ0) is 16.2. The number of nitrogens with zero attached hydrogens (tertiary/aromatic N) is 2. The highest BCUT2D eigenvalue weighted by Crippen LogP contribution is 2.19. The Balaban J connectivity index is 1.61. The molecule has 2 aromatic rings. The van der Waals surface area contributed by atoms with E-state index in [0.717, 1.165) is 18.0 Å². The Kier molecular flexibility index (Phi) is 4.50. The van der Waals surface area contributed by atoms with Gasteiger partial charge in [0.2, 0.25) is 11.8 Å². The number of rotatable bonds is 4. The Morgan fingerprint density at radius 2 is 2.17 bits per heavy atom. The van der Waals surface area contributed by atoms with Crippen LogP contribution in [0.1, 0.15) is 24.8 Å². The van der Waals surface area contributed by atoms with Crippen LogP contribution in [0.15, 0.2) is 41.1 Å². The van der Waals surface area contributed by atoms with Crippen LogP contribution in [0.2, 0.25) is 0 Å². The lowest BCUT2D eigenvalue weighted by atomic mass is 10.0. The lowest BCUT2D eigenvalue weighted by molar-refractivity contribution is -0.131. The highest BCUT2D eigenvalue weighted by Gasteiger charge is 2.24. The van der Waals surface area contributed by atoms with Crippen molar-refractivity contribution in [3.63, 3.8) is 0 Å². The summed E-state index contributed by atoms with van der Waals surface area (Å²) in [5, 5.41) is 2.87. The third-order valence-corrected chi connectivity index (χ3v) is 4.17. The highest BCUT2D eigenvalue weighted by atomic mass is 16.3. The summed E-state index contributed by atoms with van der Waals surface area (Å²) < 4.78 is 7.34. The fraction of sp³-hybridized carbons (Fsp3) is 0.412. The minimum atomic E-state index is -0.0227. The van der Waals surface area contributed by atoms with E-state index in [1.165, 1.54) is 0 Å². The van der Waals surface area contributed by atoms with E-state index < -0.39 is 0 Å². The molecule has 2 amide bonds. The van der Waals surface area contributed by atoms with Crippen LogP contribution >= 0.6 is 0 Å². The Hall–Kier alpha value is -2.50. The van der Waals surface area contributed by atoms with Crippen molar-refractivity contribution in [1.82, 2.24) is 14.8 Å². The molecule has 0 saturated carbocycles. The van der Waals surface area contributed by atoms with E-state index in [4.69, 9.17) is 4.42 Å². The molecule has 0 saturated heterocycles. The van der Waals surface area contributed by atoms with Gasteiger partial charge in [-0.05, 0) is 24.3 Å². The van der Waals surface area contributed by atoms with Gasteiger partial charge >= 0.3 is 0 Å². The predicted molar refractivity (Wildman–Crippen MR) is 84.2 cm³/mol. The minimum Gasteiger partial charge on any atom is -0.467 e. The molecule has 0 aromatic carbocycles. The van der Waals surface area contributed by atoms with Gasteiger partial charge in [0.1, 0.15) is 5.76 Å². The summed E-state index contributed by atoms with van der Waals surface area (Å²) >= 11 is 0. The van der Waals surface area contributed by atoms with E-state index in [0.29, 0.717) is 26.1 Å². The number of carbonyl (C=O) groups excluding carboxylic acids is 2. The summed E-state index contributed by atoms with van der Waals surface area (Å²) in [6.45, 7) is 3.93. The number of carbonyl (C=O) groups is 2. The lowest BCUT2D eigenvalue weighted by Crippen LogP contribution is -2.34. The van der Waals surface area contributed by atoms with Crippen molar-refractivity contribution >= 4 is 11.8 Å². The van der Waals surface area contributed by atoms with Crippen molar-refractivity contribution in [2.24, 2.45) is 5.92 Å². The Morgan fingerprint density at radius 1 is 1.30 bits per heavy atom. The van der Waals surface area contributed by atoms with E-state index in [1.54, 1.807) is 19.3 Å². The summed E-state index contributed by atoms with van der Waals surface area (Å²) in [7, 11) is 0. The molecule has 1 aliphatic rings. The first-order valence-corrected chi connectivity index (χ1v) is 7.80. The number of hydrogen-bond acceptors (Lipinski definition) is 3. The Bertz CT molecular complexity index is 675. The number of amides is 2. The number of aromatic nitrogens is 1. The van der Waals surface area contributed by atoms with Gasteiger partial charge in [-0.15, -0.1) is 0 Å². The second-order valence-electron chi connectivity index (χ2n) is 5.98. The molecule has 6 nitrogen and oxygen atoms in total. The largest absolute Gasteiger partial charge is 0.467 e. The van der Waals surface area contributed by atoms with Crippen molar-refractivity contribution < 1.29 is 14.0 Å². The van der Waals surface area contributed by atoms with Crippen LogP contribution in [0.5, 0.6) is 0 Å². The van der Waals surface area contributed by atoms with Crippen molar-refractivity contribution in [1.29, 1.82) is 0 Å². The molecule has 6 heteroatoms. The molecule has 0 fully saturated rings. The van der Waals surface area contributed by atoms with Crippen molar-refractivity contribution in [2.45, 2.75) is 33.0 Å². The first-order chi connectivity index (χ1) is 11.1. The normalized spacial score (nSPS) is 17.4. The molecule has 3 rings (SSSR count). The Labute approximate surface area is 135 Å². The zero-order valence-corrected chi connectivity index (χ0v) is 13.2. The third kappa shape index (κ3) is 3.83. The van der Waals surface area contributed by atoms with E-state index in [-0.39, 0.29) is 17.7 Å². The highest BCUT2D eigenvalue weighted by molar-refractivity contribution is 5.76. The molecule has 1 atom stereocenters. The molecule has 0 spiro atoms. The Morgan fingerprint density at radius 3 is 2.91 bits per heavy atom. The van der Waals surface area contributed by atoms with Crippen molar-refractivity contribution in [3.8, 4) is 0 Å². The number of furan rings is 1. The van der Waals surface area contributed by atoms with Crippen LogP contribution in [0, 0.1) is 5.92 Å². The van der Waals surface area contributed by atoms with Gasteiger partial charge in [-0.3, -0.25) is 9.59 Å². The van der Waals surface area contributed by atoms with E-state index in [9.17, 15) is 9.59 Å². The lowest BCUT2D eigenvalue weighted by Gasteiger charge is -2.22. The summed E-state index contributed by atoms with van der Waals surface area (Å²) in [6, 6.07) is 7.63. The van der Waals surface area contributed by atoms with E-state index in [1.807, 2.05) is 29.3 Å². The van der Waals surface area contributed by atoms with Crippen LogP contribution in [0.3, 0.4) is 0 Å². The van der Waals surface area contributed by atoms with Gasteiger partial charge in [0, 0.05) is 44.2 Å². The van der Waals surface area contributed by atoms with Gasteiger partial charge in [-0.2, -0.15) is 0 Å². The van der Waals surface area contributed by atoms with Gasteiger partial charge in [0.15, 0.2) is 0 Å². The SMILES string of the molecule is CC(=O)N1Cc2cccn2CC(CC(=O)NCc2ccco2)C1. The average Bonchev–Trinajstić information content (AvgIpc) is 3.14. The molecule has 2 aromatic heterocycles. The summed E-state index contributed by atoms with van der Waals surface area (Å²) in [6.07, 6.45) is 3.99. The first kappa shape index (κ1) is 15.4. The summed E-state index contributed by atoms with van der Waals surface area (Å²) in [5.74, 6) is 0.854. The number of nitrogens with one attached hydrogen (secondary N) is 1. The van der Waals surface area contributed by atoms with Gasteiger partial charge in [-0.1, -0.05) is 0 Å². The second kappa shape index (κ2) is 6.73. The molecule has 0 bridgehead atoms. The van der Waals surface area contributed by atoms with Crippen molar-refractivity contribution in [3.05, 3.63) is 48.2 Å². The smallest absolute Gasteiger partial charge is 0.220 e. The monoisotopic (exact) mass is 315 g/mol. The molecule has 0 radical (unpaired) electrons. The van der Waals surface area contributed by atoms with Crippen LogP contribution < -0.4 is 5.32 Å². The maximum atomic E-state index is 12.2. The van der Waals surface area contributed by atoms with Gasteiger partial charge < -0.3 is 19.2 Å². The standard InChI is InChI=1S/C17H21N3O3/c1-13(21)20-11-14(10-19-6-2-4-15(19)12-20)8-17(22)18-9-16-5-3-7-23-16/h2-7,14H,8-12H2,1H3,(H,18,22). The molecular formula is C17H21N3O3. The third-order valence-electron chi connectivity index (χ3n) is 4.17. The fourth-order valence-corrected chi connectivity index (χ4v) is 2.98. The van der Waals surface area contributed by atoms with Crippen molar-refractivity contribution in [2.75, 3.05) is 6.54 Å². The zero-order valence-electron chi connectivity index (χ0n) is 13.2. The summed E-state index contributed by atoms with van der Waals surface area (Å²) in [4.78, 5) is 25.8. The first-order valence-electron chi connectivity index (χ1n) is 7.80. The maximum absolute atomic E-state index is 12.2. The molecule has 1 aliphatic heterocycles. The molecular weight excluding hydrogens is 294 g/mol. The van der Waals surface area contributed by atoms with E-state index >= 15 is 0 Å². The summed E-state index contributed by atoms with van der Waals surface area (Å²) in [5.41, 5.74) is 1.11. The van der Waals surface area contributed by atoms with E-state index in [2.05, 4.69) is 9.88 Å². The maximum Gasteiger partial charge on any atom is 0.220 e. The van der Waals surface area contributed by atoms with Crippen LogP contribution in [-0.4, -0.2) is 27.8 Å². The predicted octanol–water partition coefficient (Wildman–Crippen LogP) is 1.77. The number of hydrogen-bond donors (Lipinski definition) is 1. The average molecular weight is 315 g/mol. The van der Waals surface area contributed by atoms with Crippen LogP contribution in [-0.2, 0) is 29.2 Å². The molecule has 23 heavy (non-hydrogen) atoms. The van der Waals surface area contributed by atoms with Gasteiger partial charge in [-0.25, -0.2) is 0 Å². The van der Waals surface area contributed by atoms with Gasteiger partial charge in [0.25, 0.3) is 0 Å². The van der Waals surface area contributed by atoms with Gasteiger partial charge in [0.05, 0.1) is 19.4 Å². The quantitative estimate of drug-likeness (QED) is 0.935. The van der Waals surface area contributed by atoms with Crippen LogP contribution in [0.4, 0.5) is 0 Å².